The first-order chi connectivity index (χ1) is 10.7. The molecule has 1 amide bonds. The van der Waals surface area contributed by atoms with E-state index in [1.165, 1.54) is 16.7 Å². The molecule has 1 aromatic rings. The Labute approximate surface area is 132 Å². The number of ether oxygens (including phenoxy) is 1. The lowest BCUT2D eigenvalue weighted by molar-refractivity contribution is -0.116. The lowest BCUT2D eigenvalue weighted by atomic mass is 9.93. The fourth-order valence-corrected chi connectivity index (χ4v) is 2.57. The quantitative estimate of drug-likeness (QED) is 0.771. The van der Waals surface area contributed by atoms with Crippen molar-refractivity contribution < 1.29 is 9.53 Å². The van der Waals surface area contributed by atoms with Gasteiger partial charge in [-0.3, -0.25) is 4.79 Å². The monoisotopic (exact) mass is 297 g/mol. The second-order valence-corrected chi connectivity index (χ2v) is 5.41. The second kappa shape index (κ2) is 7.64. The van der Waals surface area contributed by atoms with Crippen LogP contribution >= 0.6 is 0 Å². The van der Waals surface area contributed by atoms with Crippen LogP contribution < -0.4 is 0 Å². The molecule has 0 unspecified atom stereocenters. The number of rotatable bonds is 5. The number of carbonyl (C=O) groups excluding carboxylic acids is 1. The van der Waals surface area contributed by atoms with E-state index in [2.05, 4.69) is 30.4 Å². The van der Waals surface area contributed by atoms with Crippen LogP contribution in [0.25, 0.3) is 5.57 Å². The Kier molecular flexibility index (Phi) is 5.59. The number of hydrogen-bond acceptors (Lipinski definition) is 2. The smallest absolute Gasteiger partial charge is 0.209 e. The zero-order valence-electron chi connectivity index (χ0n) is 13.5. The molecule has 22 heavy (non-hydrogen) atoms. The molecule has 0 saturated heterocycles. The van der Waals surface area contributed by atoms with Crippen molar-refractivity contribution in [2.45, 2.75) is 26.9 Å². The van der Waals surface area contributed by atoms with Crippen LogP contribution in [0, 0.1) is 0 Å². The predicted octanol–water partition coefficient (Wildman–Crippen LogP) is 3.93. The Morgan fingerprint density at radius 3 is 2.82 bits per heavy atom. The van der Waals surface area contributed by atoms with Crippen LogP contribution in [-0.4, -0.2) is 24.9 Å². The summed E-state index contributed by atoms with van der Waals surface area (Å²) < 4.78 is 5.89. The van der Waals surface area contributed by atoms with Crippen LogP contribution in [0.1, 0.15) is 31.4 Å². The molecule has 0 aromatic heterocycles. The van der Waals surface area contributed by atoms with Crippen LogP contribution in [0.15, 0.2) is 53.8 Å². The lowest BCUT2D eigenvalue weighted by Gasteiger charge is -2.12. The first-order valence-electron chi connectivity index (χ1n) is 7.58. The molecule has 0 saturated carbocycles. The Morgan fingerprint density at radius 2 is 2.09 bits per heavy atom. The summed E-state index contributed by atoms with van der Waals surface area (Å²) >= 11 is 0. The predicted molar refractivity (Wildman–Crippen MR) is 90.0 cm³/mol. The Hall–Kier alpha value is -2.29. The van der Waals surface area contributed by atoms with Crippen LogP contribution in [0.4, 0.5) is 0 Å². The van der Waals surface area contributed by atoms with Crippen molar-refractivity contribution in [1.82, 2.24) is 4.90 Å². The van der Waals surface area contributed by atoms with Crippen molar-refractivity contribution in [3.05, 3.63) is 65.0 Å². The largest absolute Gasteiger partial charge is 0.493 e. The molecule has 3 nitrogen and oxygen atoms in total. The number of nitrogens with zero attached hydrogens (tertiary/aromatic N) is 1. The SMILES string of the molecule is C/C=C\C1=C(C)OCc2ccccc2/C1=C\CCN(C)C=O. The highest BCUT2D eigenvalue weighted by Gasteiger charge is 2.17. The number of benzene rings is 1. The van der Waals surface area contributed by atoms with Gasteiger partial charge in [0.2, 0.25) is 6.41 Å². The fourth-order valence-electron chi connectivity index (χ4n) is 2.57. The molecule has 0 bridgehead atoms. The molecular formula is C19H23NO2. The van der Waals surface area contributed by atoms with E-state index < -0.39 is 0 Å². The van der Waals surface area contributed by atoms with Crippen molar-refractivity contribution >= 4 is 12.0 Å². The molecule has 1 aliphatic rings. The molecule has 116 valence electrons. The third kappa shape index (κ3) is 3.67. The minimum absolute atomic E-state index is 0.592. The number of carbonyl (C=O) groups is 1. The number of amides is 1. The van der Waals surface area contributed by atoms with Gasteiger partial charge in [0, 0.05) is 19.2 Å². The molecule has 0 spiro atoms. The Bertz CT molecular complexity index is 626. The molecule has 1 aromatic carbocycles. The number of hydrogen-bond donors (Lipinski definition) is 0. The summed E-state index contributed by atoms with van der Waals surface area (Å²) in [5, 5.41) is 0. The van der Waals surface area contributed by atoms with Crippen molar-refractivity contribution in [3.8, 4) is 0 Å². The zero-order chi connectivity index (χ0) is 15.9. The van der Waals surface area contributed by atoms with Crippen molar-refractivity contribution in [3.63, 3.8) is 0 Å². The van der Waals surface area contributed by atoms with E-state index in [1.54, 1.807) is 11.9 Å². The standard InChI is InChI=1S/C19H23NO2/c1-4-8-17-15(2)22-13-16-9-5-6-10-18(16)19(17)11-7-12-20(3)14-21/h4-6,8-11,14H,7,12-13H2,1-3H3/b8-4-,19-11-. The van der Waals surface area contributed by atoms with Gasteiger partial charge in [-0.1, -0.05) is 42.5 Å². The average molecular weight is 297 g/mol. The summed E-state index contributed by atoms with van der Waals surface area (Å²) in [6.45, 7) is 5.31. The maximum Gasteiger partial charge on any atom is 0.209 e. The third-order valence-corrected chi connectivity index (χ3v) is 3.76. The average Bonchev–Trinajstić information content (AvgIpc) is 2.67. The van der Waals surface area contributed by atoms with Crippen LogP contribution in [0.3, 0.4) is 0 Å². The van der Waals surface area contributed by atoms with Gasteiger partial charge < -0.3 is 9.64 Å². The fraction of sp³-hybridized carbons (Fsp3) is 0.316. The molecular weight excluding hydrogens is 274 g/mol. The Balaban J connectivity index is 2.43. The minimum atomic E-state index is 0.592. The highest BCUT2D eigenvalue weighted by molar-refractivity contribution is 5.84. The number of fused-ring (bicyclic) bond motifs is 1. The van der Waals surface area contributed by atoms with E-state index in [0.29, 0.717) is 13.2 Å². The third-order valence-electron chi connectivity index (χ3n) is 3.76. The normalized spacial score (nSPS) is 16.4. The number of allylic oxidation sites excluding steroid dienone is 5. The Morgan fingerprint density at radius 1 is 1.32 bits per heavy atom. The zero-order valence-corrected chi connectivity index (χ0v) is 13.5. The van der Waals surface area contributed by atoms with Gasteiger partial charge in [0.05, 0.1) is 0 Å². The summed E-state index contributed by atoms with van der Waals surface area (Å²) in [5.41, 5.74) is 4.70. The molecule has 2 rings (SSSR count). The summed E-state index contributed by atoms with van der Waals surface area (Å²) in [6.07, 6.45) is 7.99. The first kappa shape index (κ1) is 16.1. The van der Waals surface area contributed by atoms with Gasteiger partial charge in [-0.25, -0.2) is 0 Å². The van der Waals surface area contributed by atoms with E-state index >= 15 is 0 Å². The topological polar surface area (TPSA) is 29.5 Å². The summed E-state index contributed by atoms with van der Waals surface area (Å²) in [7, 11) is 1.80. The molecule has 1 aliphatic heterocycles. The van der Waals surface area contributed by atoms with E-state index in [1.807, 2.05) is 26.0 Å². The molecule has 0 atom stereocenters. The first-order valence-corrected chi connectivity index (χ1v) is 7.58. The van der Waals surface area contributed by atoms with Gasteiger partial charge in [0.1, 0.15) is 12.4 Å². The van der Waals surface area contributed by atoms with E-state index in [0.717, 1.165) is 24.2 Å². The van der Waals surface area contributed by atoms with E-state index in [4.69, 9.17) is 4.74 Å². The second-order valence-electron chi connectivity index (χ2n) is 5.41. The van der Waals surface area contributed by atoms with Crippen LogP contribution in [-0.2, 0) is 16.1 Å². The van der Waals surface area contributed by atoms with Gasteiger partial charge in [-0.15, -0.1) is 0 Å². The molecule has 3 heteroatoms. The summed E-state index contributed by atoms with van der Waals surface area (Å²) in [4.78, 5) is 12.4. The molecule has 1 heterocycles. The highest BCUT2D eigenvalue weighted by Crippen LogP contribution is 2.33. The van der Waals surface area contributed by atoms with E-state index in [-0.39, 0.29) is 0 Å². The molecule has 0 aliphatic carbocycles. The lowest BCUT2D eigenvalue weighted by Crippen LogP contribution is -2.16. The minimum Gasteiger partial charge on any atom is -0.493 e. The molecule has 0 radical (unpaired) electrons. The van der Waals surface area contributed by atoms with Gasteiger partial charge in [-0.05, 0) is 37.0 Å². The van der Waals surface area contributed by atoms with Gasteiger partial charge in [0.25, 0.3) is 0 Å². The van der Waals surface area contributed by atoms with Crippen LogP contribution in [0.5, 0.6) is 0 Å². The van der Waals surface area contributed by atoms with Crippen LogP contribution in [0.2, 0.25) is 0 Å². The molecule has 0 N–H and O–H groups in total. The summed E-state index contributed by atoms with van der Waals surface area (Å²) in [5.74, 6) is 0.935. The van der Waals surface area contributed by atoms with Crippen molar-refractivity contribution in [1.29, 1.82) is 0 Å². The van der Waals surface area contributed by atoms with Gasteiger partial charge in [0.15, 0.2) is 0 Å². The van der Waals surface area contributed by atoms with Crippen molar-refractivity contribution in [2.24, 2.45) is 0 Å². The van der Waals surface area contributed by atoms with Crippen molar-refractivity contribution in [2.75, 3.05) is 13.6 Å². The summed E-state index contributed by atoms with van der Waals surface area (Å²) in [6, 6.07) is 8.33. The maximum absolute atomic E-state index is 10.7. The van der Waals surface area contributed by atoms with Gasteiger partial charge >= 0.3 is 0 Å². The highest BCUT2D eigenvalue weighted by atomic mass is 16.5. The molecule has 0 fully saturated rings. The van der Waals surface area contributed by atoms with Gasteiger partial charge in [-0.2, -0.15) is 0 Å². The van der Waals surface area contributed by atoms with E-state index in [9.17, 15) is 4.79 Å². The maximum atomic E-state index is 10.7.